The predicted octanol–water partition coefficient (Wildman–Crippen LogP) is 2.75. The van der Waals surface area contributed by atoms with Crippen molar-refractivity contribution in [3.63, 3.8) is 0 Å². The van der Waals surface area contributed by atoms with Gasteiger partial charge in [-0.05, 0) is 24.8 Å². The van der Waals surface area contributed by atoms with Crippen LogP contribution in [0.5, 0.6) is 0 Å². The van der Waals surface area contributed by atoms with Gasteiger partial charge >= 0.3 is 0 Å². The number of rotatable bonds is 5. The van der Waals surface area contributed by atoms with Crippen LogP contribution < -0.4 is 5.32 Å². The molecule has 1 aromatic carbocycles. The zero-order chi connectivity index (χ0) is 13.0. The number of nitrogens with one attached hydrogen (secondary N) is 1. The molecule has 0 aliphatic rings. The number of nitrogens with zero attached hydrogens (tertiary/aromatic N) is 1. The van der Waals surface area contributed by atoms with E-state index in [0.717, 1.165) is 13.1 Å². The summed E-state index contributed by atoms with van der Waals surface area (Å²) in [5.41, 5.74) is 1.08. The highest BCUT2D eigenvalue weighted by Gasteiger charge is 2.15. The monoisotopic (exact) mass is 244 g/mol. The van der Waals surface area contributed by atoms with Gasteiger partial charge in [0.2, 0.25) is 0 Å². The highest BCUT2D eigenvalue weighted by atomic mass is 16.5. The lowest BCUT2D eigenvalue weighted by atomic mass is 10.1. The van der Waals surface area contributed by atoms with Gasteiger partial charge in [-0.2, -0.15) is 0 Å². The first kappa shape index (κ1) is 13.0. The molecule has 0 amide bonds. The average Bonchev–Trinajstić information content (AvgIpc) is 2.39. The molecule has 0 aliphatic heterocycles. The molecule has 96 valence electrons. The third-order valence-corrected chi connectivity index (χ3v) is 3.17. The molecule has 0 radical (unpaired) electrons. The summed E-state index contributed by atoms with van der Waals surface area (Å²) in [5.74, 6) is 0. The average molecular weight is 244 g/mol. The predicted molar refractivity (Wildman–Crippen MR) is 74.5 cm³/mol. The molecule has 0 saturated carbocycles. The standard InChI is InChI=1S/C15H20N2O/c1-15(2,18-3)11-17-10-13-9-16-8-12-6-4-5-7-14(12)13/h4-9,17H,10-11H2,1-3H3. The lowest BCUT2D eigenvalue weighted by Gasteiger charge is -2.23. The summed E-state index contributed by atoms with van der Waals surface area (Å²) in [7, 11) is 1.74. The van der Waals surface area contributed by atoms with Crippen molar-refractivity contribution in [2.45, 2.75) is 26.0 Å². The van der Waals surface area contributed by atoms with Crippen molar-refractivity contribution in [3.8, 4) is 0 Å². The maximum Gasteiger partial charge on any atom is 0.0746 e. The Morgan fingerprint density at radius 3 is 2.78 bits per heavy atom. The minimum atomic E-state index is -0.141. The largest absolute Gasteiger partial charge is 0.377 e. The van der Waals surface area contributed by atoms with E-state index in [1.165, 1.54) is 16.3 Å². The smallest absolute Gasteiger partial charge is 0.0746 e. The van der Waals surface area contributed by atoms with Crippen molar-refractivity contribution < 1.29 is 4.74 Å². The quantitative estimate of drug-likeness (QED) is 0.878. The van der Waals surface area contributed by atoms with Crippen LogP contribution in [0.25, 0.3) is 10.8 Å². The molecule has 3 nitrogen and oxygen atoms in total. The van der Waals surface area contributed by atoms with Gasteiger partial charge in [0.25, 0.3) is 0 Å². The third-order valence-electron chi connectivity index (χ3n) is 3.17. The fraction of sp³-hybridized carbons (Fsp3) is 0.400. The Hall–Kier alpha value is -1.45. The topological polar surface area (TPSA) is 34.1 Å². The molecular weight excluding hydrogens is 224 g/mol. The van der Waals surface area contributed by atoms with Crippen LogP contribution in [0.2, 0.25) is 0 Å². The van der Waals surface area contributed by atoms with Gasteiger partial charge in [0.15, 0.2) is 0 Å². The molecule has 0 unspecified atom stereocenters. The van der Waals surface area contributed by atoms with Crippen LogP contribution in [0.1, 0.15) is 19.4 Å². The van der Waals surface area contributed by atoms with Gasteiger partial charge < -0.3 is 10.1 Å². The maximum atomic E-state index is 5.38. The van der Waals surface area contributed by atoms with Gasteiger partial charge in [0.05, 0.1) is 5.60 Å². The third kappa shape index (κ3) is 3.06. The molecule has 0 spiro atoms. The fourth-order valence-corrected chi connectivity index (χ4v) is 1.89. The molecule has 0 aliphatic carbocycles. The number of pyridine rings is 1. The van der Waals surface area contributed by atoms with Crippen LogP contribution >= 0.6 is 0 Å². The second-order valence-corrected chi connectivity index (χ2v) is 5.09. The van der Waals surface area contributed by atoms with E-state index in [1.54, 1.807) is 7.11 Å². The molecule has 1 N–H and O–H groups in total. The molecular formula is C15H20N2O. The second-order valence-electron chi connectivity index (χ2n) is 5.09. The molecule has 18 heavy (non-hydrogen) atoms. The van der Waals surface area contributed by atoms with Gasteiger partial charge in [0.1, 0.15) is 0 Å². The van der Waals surface area contributed by atoms with E-state index in [-0.39, 0.29) is 5.60 Å². The van der Waals surface area contributed by atoms with Gasteiger partial charge in [-0.15, -0.1) is 0 Å². The SMILES string of the molecule is COC(C)(C)CNCc1cncc2ccccc12. The number of hydrogen-bond donors (Lipinski definition) is 1. The van der Waals surface area contributed by atoms with E-state index >= 15 is 0 Å². The van der Waals surface area contributed by atoms with E-state index in [9.17, 15) is 0 Å². The normalized spacial score (nSPS) is 11.9. The van der Waals surface area contributed by atoms with Gasteiger partial charge in [-0.3, -0.25) is 4.98 Å². The van der Waals surface area contributed by atoms with Gasteiger partial charge in [-0.1, -0.05) is 24.3 Å². The van der Waals surface area contributed by atoms with Gasteiger partial charge in [-0.25, -0.2) is 0 Å². The zero-order valence-electron chi connectivity index (χ0n) is 11.2. The number of ether oxygens (including phenoxy) is 1. The highest BCUT2D eigenvalue weighted by molar-refractivity contribution is 5.84. The van der Waals surface area contributed by atoms with E-state index < -0.39 is 0 Å². The Labute approximate surface area is 108 Å². The Morgan fingerprint density at radius 1 is 1.22 bits per heavy atom. The summed E-state index contributed by atoms with van der Waals surface area (Å²) in [6.07, 6.45) is 3.83. The van der Waals surface area contributed by atoms with Gasteiger partial charge in [0, 0.05) is 38.0 Å². The molecule has 0 bridgehead atoms. The lowest BCUT2D eigenvalue weighted by Crippen LogP contribution is -2.36. The minimum Gasteiger partial charge on any atom is -0.377 e. The molecule has 0 fully saturated rings. The maximum absolute atomic E-state index is 5.38. The van der Waals surface area contributed by atoms with Crippen LogP contribution in [-0.4, -0.2) is 24.2 Å². The number of fused-ring (bicyclic) bond motifs is 1. The summed E-state index contributed by atoms with van der Waals surface area (Å²) in [4.78, 5) is 4.28. The Morgan fingerprint density at radius 2 is 2.00 bits per heavy atom. The number of aromatic nitrogens is 1. The summed E-state index contributed by atoms with van der Waals surface area (Å²) < 4.78 is 5.38. The minimum absolute atomic E-state index is 0.141. The number of benzene rings is 1. The molecule has 0 saturated heterocycles. The summed E-state index contributed by atoms with van der Waals surface area (Å²) in [5, 5.41) is 5.86. The van der Waals surface area contributed by atoms with Crippen molar-refractivity contribution in [2.24, 2.45) is 0 Å². The van der Waals surface area contributed by atoms with Crippen LogP contribution in [0.15, 0.2) is 36.7 Å². The molecule has 2 rings (SSSR count). The first-order valence-corrected chi connectivity index (χ1v) is 6.20. The summed E-state index contributed by atoms with van der Waals surface area (Å²) in [6.45, 7) is 5.76. The molecule has 0 atom stereocenters. The van der Waals surface area contributed by atoms with Crippen molar-refractivity contribution in [2.75, 3.05) is 13.7 Å². The summed E-state index contributed by atoms with van der Waals surface area (Å²) in [6, 6.07) is 8.32. The number of methoxy groups -OCH3 is 1. The van der Waals surface area contributed by atoms with Crippen LogP contribution in [0.4, 0.5) is 0 Å². The van der Waals surface area contributed by atoms with Crippen molar-refractivity contribution in [3.05, 3.63) is 42.2 Å². The number of hydrogen-bond acceptors (Lipinski definition) is 3. The molecule has 1 aromatic heterocycles. The second kappa shape index (κ2) is 5.46. The summed E-state index contributed by atoms with van der Waals surface area (Å²) >= 11 is 0. The van der Waals surface area contributed by atoms with Crippen molar-refractivity contribution in [1.29, 1.82) is 0 Å². The fourth-order valence-electron chi connectivity index (χ4n) is 1.89. The first-order valence-electron chi connectivity index (χ1n) is 6.20. The molecule has 2 aromatic rings. The van der Waals surface area contributed by atoms with Crippen LogP contribution in [0.3, 0.4) is 0 Å². The highest BCUT2D eigenvalue weighted by Crippen LogP contribution is 2.17. The van der Waals surface area contributed by atoms with Crippen LogP contribution in [0, 0.1) is 0 Å². The van der Waals surface area contributed by atoms with Crippen molar-refractivity contribution >= 4 is 10.8 Å². The first-order chi connectivity index (χ1) is 8.62. The van der Waals surface area contributed by atoms with E-state index in [0.29, 0.717) is 0 Å². The zero-order valence-corrected chi connectivity index (χ0v) is 11.2. The van der Waals surface area contributed by atoms with E-state index in [4.69, 9.17) is 4.74 Å². The van der Waals surface area contributed by atoms with Crippen LogP contribution in [-0.2, 0) is 11.3 Å². The molecule has 1 heterocycles. The Bertz CT molecular complexity index is 517. The Kier molecular flexibility index (Phi) is 3.94. The lowest BCUT2D eigenvalue weighted by molar-refractivity contribution is 0.0231. The Balaban J connectivity index is 2.08. The molecule has 3 heteroatoms. The van der Waals surface area contributed by atoms with Crippen molar-refractivity contribution in [1.82, 2.24) is 10.3 Å². The van der Waals surface area contributed by atoms with E-state index in [1.807, 2.05) is 18.5 Å². The van der Waals surface area contributed by atoms with E-state index in [2.05, 4.69) is 42.3 Å².